The number of piperidine rings is 1. The van der Waals surface area contributed by atoms with Crippen LogP contribution in [-0.2, 0) is 22.6 Å². The third kappa shape index (κ3) is 4.51. The van der Waals surface area contributed by atoms with Crippen molar-refractivity contribution in [2.24, 2.45) is 0 Å². The number of likely N-dealkylation sites (tertiary alicyclic amines) is 1. The van der Waals surface area contributed by atoms with Crippen LogP contribution >= 0.6 is 0 Å². The first-order valence-corrected chi connectivity index (χ1v) is 9.97. The van der Waals surface area contributed by atoms with Gasteiger partial charge in [0.2, 0.25) is 5.91 Å². The Hall–Kier alpha value is -2.45. The summed E-state index contributed by atoms with van der Waals surface area (Å²) in [6.07, 6.45) is 1.85. The summed E-state index contributed by atoms with van der Waals surface area (Å²) in [4.78, 5) is 14.3. The lowest BCUT2D eigenvalue weighted by Crippen LogP contribution is -2.40. The largest absolute Gasteiger partial charge is 0.491 e. The van der Waals surface area contributed by atoms with E-state index in [1.165, 1.54) is 0 Å². The van der Waals surface area contributed by atoms with E-state index in [1.807, 2.05) is 35.2 Å². The second-order valence-corrected chi connectivity index (χ2v) is 7.17. The molecule has 8 heteroatoms. The normalized spacial score (nSPS) is 17.4. The number of amides is 1. The van der Waals surface area contributed by atoms with E-state index in [9.17, 15) is 4.79 Å². The molecule has 1 aromatic carbocycles. The van der Waals surface area contributed by atoms with Crippen LogP contribution in [0.2, 0.25) is 0 Å². The van der Waals surface area contributed by atoms with Crippen LogP contribution in [0.15, 0.2) is 30.3 Å². The molecule has 2 aliphatic rings. The fourth-order valence-corrected chi connectivity index (χ4v) is 3.79. The van der Waals surface area contributed by atoms with Crippen molar-refractivity contribution in [3.05, 3.63) is 42.0 Å². The SMILES string of the molecule is O=C(COCCOc1ccccc1)N1CCC(c2nnc3n2CCNC3)CC1. The van der Waals surface area contributed by atoms with Gasteiger partial charge in [0, 0.05) is 32.1 Å². The highest BCUT2D eigenvalue weighted by Crippen LogP contribution is 2.27. The standard InChI is InChI=1S/C20H27N5O3/c26-19(15-27-12-13-28-17-4-2-1-3-5-17)24-9-6-16(7-10-24)20-23-22-18-14-21-8-11-25(18)20/h1-5,16,21H,6-15H2. The molecular formula is C20H27N5O3. The zero-order valence-electron chi connectivity index (χ0n) is 16.0. The molecule has 0 unspecified atom stereocenters. The highest BCUT2D eigenvalue weighted by Gasteiger charge is 2.28. The van der Waals surface area contributed by atoms with E-state index in [4.69, 9.17) is 9.47 Å². The summed E-state index contributed by atoms with van der Waals surface area (Å²) in [6.45, 7) is 5.10. The van der Waals surface area contributed by atoms with Gasteiger partial charge < -0.3 is 24.3 Å². The van der Waals surface area contributed by atoms with Crippen molar-refractivity contribution < 1.29 is 14.3 Å². The van der Waals surface area contributed by atoms with Gasteiger partial charge in [0.15, 0.2) is 0 Å². The molecule has 150 valence electrons. The van der Waals surface area contributed by atoms with Gasteiger partial charge in [-0.15, -0.1) is 10.2 Å². The Balaban J connectivity index is 1.17. The van der Waals surface area contributed by atoms with Crippen LogP contribution in [0, 0.1) is 0 Å². The number of rotatable bonds is 7. The van der Waals surface area contributed by atoms with Crippen LogP contribution in [0.3, 0.4) is 0 Å². The van der Waals surface area contributed by atoms with Gasteiger partial charge in [0.25, 0.3) is 0 Å². The average Bonchev–Trinajstić information content (AvgIpc) is 3.18. The van der Waals surface area contributed by atoms with E-state index in [-0.39, 0.29) is 12.5 Å². The van der Waals surface area contributed by atoms with Crippen LogP contribution < -0.4 is 10.1 Å². The summed E-state index contributed by atoms with van der Waals surface area (Å²) in [5.74, 6) is 3.34. The Morgan fingerprint density at radius 3 is 2.75 bits per heavy atom. The Labute approximate surface area is 164 Å². The molecule has 2 aliphatic heterocycles. The van der Waals surface area contributed by atoms with Gasteiger partial charge in [0.05, 0.1) is 13.2 Å². The molecule has 0 bridgehead atoms. The lowest BCUT2D eigenvalue weighted by atomic mass is 9.95. The van der Waals surface area contributed by atoms with Crippen LogP contribution in [0.25, 0.3) is 0 Å². The summed E-state index contributed by atoms with van der Waals surface area (Å²) in [7, 11) is 0. The van der Waals surface area contributed by atoms with Gasteiger partial charge in [-0.05, 0) is 25.0 Å². The number of carbonyl (C=O) groups excluding carboxylic acids is 1. The molecule has 1 amide bonds. The molecule has 4 rings (SSSR count). The fraction of sp³-hybridized carbons (Fsp3) is 0.550. The lowest BCUT2D eigenvalue weighted by Gasteiger charge is -2.32. The summed E-state index contributed by atoms with van der Waals surface area (Å²) in [5, 5.41) is 12.0. The predicted octanol–water partition coefficient (Wildman–Crippen LogP) is 1.18. The van der Waals surface area contributed by atoms with E-state index in [0.717, 1.165) is 63.0 Å². The van der Waals surface area contributed by atoms with Crippen molar-refractivity contribution in [3.63, 3.8) is 0 Å². The molecular weight excluding hydrogens is 358 g/mol. The van der Waals surface area contributed by atoms with E-state index in [1.54, 1.807) is 0 Å². The van der Waals surface area contributed by atoms with Gasteiger partial charge >= 0.3 is 0 Å². The van der Waals surface area contributed by atoms with Crippen molar-refractivity contribution in [1.29, 1.82) is 0 Å². The molecule has 28 heavy (non-hydrogen) atoms. The third-order valence-corrected chi connectivity index (χ3v) is 5.33. The second-order valence-electron chi connectivity index (χ2n) is 7.17. The number of hydrogen-bond donors (Lipinski definition) is 1. The minimum Gasteiger partial charge on any atom is -0.491 e. The minimum atomic E-state index is 0.0469. The molecule has 8 nitrogen and oxygen atoms in total. The van der Waals surface area contributed by atoms with Crippen molar-refractivity contribution in [1.82, 2.24) is 25.0 Å². The topological polar surface area (TPSA) is 81.5 Å². The highest BCUT2D eigenvalue weighted by molar-refractivity contribution is 5.77. The maximum atomic E-state index is 12.4. The van der Waals surface area contributed by atoms with Crippen LogP contribution in [0.1, 0.15) is 30.4 Å². The van der Waals surface area contributed by atoms with Crippen molar-refractivity contribution in [2.45, 2.75) is 31.8 Å². The van der Waals surface area contributed by atoms with Gasteiger partial charge in [0.1, 0.15) is 30.6 Å². The number of nitrogens with one attached hydrogen (secondary N) is 1. The molecule has 1 N–H and O–H groups in total. The summed E-state index contributed by atoms with van der Waals surface area (Å²) in [6, 6.07) is 9.60. The molecule has 2 aromatic rings. The lowest BCUT2D eigenvalue weighted by molar-refractivity contribution is -0.137. The second kappa shape index (κ2) is 9.16. The molecule has 0 saturated carbocycles. The Morgan fingerprint density at radius 1 is 1.11 bits per heavy atom. The molecule has 1 aromatic heterocycles. The van der Waals surface area contributed by atoms with E-state index >= 15 is 0 Å². The van der Waals surface area contributed by atoms with E-state index < -0.39 is 0 Å². The molecule has 0 radical (unpaired) electrons. The number of nitrogens with zero attached hydrogens (tertiary/aromatic N) is 4. The van der Waals surface area contributed by atoms with Crippen molar-refractivity contribution in [3.8, 4) is 5.75 Å². The Morgan fingerprint density at radius 2 is 1.93 bits per heavy atom. The molecule has 0 spiro atoms. The Kier molecular flexibility index (Phi) is 6.18. The first-order chi connectivity index (χ1) is 13.8. The number of carbonyl (C=O) groups is 1. The maximum absolute atomic E-state index is 12.4. The van der Waals surface area contributed by atoms with Crippen LogP contribution in [0.4, 0.5) is 0 Å². The maximum Gasteiger partial charge on any atom is 0.248 e. The van der Waals surface area contributed by atoms with E-state index in [2.05, 4.69) is 20.1 Å². The van der Waals surface area contributed by atoms with Gasteiger partial charge in [-0.2, -0.15) is 0 Å². The first kappa shape index (κ1) is 18.9. The molecule has 0 aliphatic carbocycles. The van der Waals surface area contributed by atoms with Gasteiger partial charge in [-0.1, -0.05) is 18.2 Å². The molecule has 3 heterocycles. The van der Waals surface area contributed by atoms with E-state index in [0.29, 0.717) is 19.1 Å². The van der Waals surface area contributed by atoms with Gasteiger partial charge in [-0.25, -0.2) is 0 Å². The summed E-state index contributed by atoms with van der Waals surface area (Å²) < 4.78 is 13.3. The zero-order valence-corrected chi connectivity index (χ0v) is 16.0. The quantitative estimate of drug-likeness (QED) is 0.721. The van der Waals surface area contributed by atoms with Crippen LogP contribution in [0.5, 0.6) is 5.75 Å². The summed E-state index contributed by atoms with van der Waals surface area (Å²) >= 11 is 0. The fourth-order valence-electron chi connectivity index (χ4n) is 3.79. The average molecular weight is 385 g/mol. The number of para-hydroxylation sites is 1. The summed E-state index contributed by atoms with van der Waals surface area (Å²) in [5.41, 5.74) is 0. The van der Waals surface area contributed by atoms with Crippen LogP contribution in [-0.4, -0.2) is 65.0 Å². The van der Waals surface area contributed by atoms with Crippen molar-refractivity contribution in [2.75, 3.05) is 39.5 Å². The number of ether oxygens (including phenoxy) is 2. The Bertz CT molecular complexity index is 771. The number of aromatic nitrogens is 3. The van der Waals surface area contributed by atoms with Gasteiger partial charge in [-0.3, -0.25) is 4.79 Å². The minimum absolute atomic E-state index is 0.0469. The number of benzene rings is 1. The van der Waals surface area contributed by atoms with Crippen molar-refractivity contribution >= 4 is 5.91 Å². The smallest absolute Gasteiger partial charge is 0.248 e. The number of hydrogen-bond acceptors (Lipinski definition) is 6. The first-order valence-electron chi connectivity index (χ1n) is 9.97. The zero-order chi connectivity index (χ0) is 19.2. The number of fused-ring (bicyclic) bond motifs is 1. The molecule has 0 atom stereocenters. The molecule has 1 saturated heterocycles. The monoisotopic (exact) mass is 385 g/mol. The predicted molar refractivity (Wildman–Crippen MR) is 103 cm³/mol. The molecule has 1 fully saturated rings. The highest BCUT2D eigenvalue weighted by atomic mass is 16.5. The third-order valence-electron chi connectivity index (χ3n) is 5.33.